The number of nitrogen functional groups attached to an aromatic ring is 1. The molecule has 0 aromatic carbocycles. The Hall–Kier alpha value is -1.90. The molecule has 0 radical (unpaired) electrons. The van der Waals surface area contributed by atoms with Gasteiger partial charge in [0.1, 0.15) is 34.4 Å². The number of halogens is 3. The van der Waals surface area contributed by atoms with Crippen LogP contribution >= 0.6 is 83.4 Å². The molecule has 0 aliphatic carbocycles. The molecule has 1 saturated heterocycles. The van der Waals surface area contributed by atoms with Crippen LogP contribution in [-0.4, -0.2) is 84.8 Å². The third kappa shape index (κ3) is 7.86. The second-order valence-electron chi connectivity index (χ2n) is 7.21. The molecule has 2 aliphatic rings. The van der Waals surface area contributed by atoms with Crippen LogP contribution in [0.5, 0.6) is 0 Å². The fraction of sp³-hybridized carbons (Fsp3) is 0.389. The molecular weight excluding hydrogens is 657 g/mol. The first kappa shape index (κ1) is 35.1. The van der Waals surface area contributed by atoms with Crippen LogP contribution in [0.15, 0.2) is 26.1 Å². The Balaban J connectivity index is 0.00000253. The van der Waals surface area contributed by atoms with Gasteiger partial charge in [-0.05, 0) is 5.57 Å². The number of nitrogens with two attached hydrogens (primary N) is 3. The average Bonchev–Trinajstić information content (AvgIpc) is 3.51. The number of oxime groups is 1. The first-order valence-electron chi connectivity index (χ1n) is 10.3. The smallest absolute Gasteiger partial charge is 0.352 e. The molecule has 2 aromatic rings. The molecule has 2 amide bonds. The number of aromatic nitrogens is 3. The number of anilines is 1. The van der Waals surface area contributed by atoms with Gasteiger partial charge in [-0.25, -0.2) is 9.78 Å². The van der Waals surface area contributed by atoms with Crippen molar-refractivity contribution in [3.63, 3.8) is 0 Å². The third-order valence-electron chi connectivity index (χ3n) is 4.87. The number of nitrogens with one attached hydrogen (secondary N) is 1. The zero-order valence-corrected chi connectivity index (χ0v) is 25.4. The van der Waals surface area contributed by atoms with E-state index in [9.17, 15) is 19.5 Å². The summed E-state index contributed by atoms with van der Waals surface area (Å²) in [5, 5.41) is 26.1. The Bertz CT molecular complexity index is 1240. The second-order valence-corrected chi connectivity index (χ2v) is 11.5. The van der Waals surface area contributed by atoms with Gasteiger partial charge in [0.25, 0.3) is 11.8 Å². The predicted octanol–water partition coefficient (Wildman–Crippen LogP) is 0.511. The van der Waals surface area contributed by atoms with E-state index in [0.717, 1.165) is 11.3 Å². The topological polar surface area (TPSA) is 225 Å². The van der Waals surface area contributed by atoms with Crippen LogP contribution < -0.4 is 22.5 Å². The molecule has 0 saturated carbocycles. The van der Waals surface area contributed by atoms with Crippen LogP contribution in [0.25, 0.3) is 0 Å². The standard InChI is InChI=1S/C18H21N9O5S4.3ClH/c19-1-2-32-26-10(8-6-34-17(21)22-8)13(28)23-11-14(29)27-12(16(30)31)7(4-33-15(11)27)5-35-18-25-24-9(3-20)36-18;;;/h6,11,15H,1-5,19-20H2,(H2,21,22)(H,23,28)(H,30,31);3*1H/t11?,15-;;;/m1.../s1. The lowest BCUT2D eigenvalue weighted by atomic mass is 10.0. The fourth-order valence-electron chi connectivity index (χ4n) is 3.30. The quantitative estimate of drug-likeness (QED) is 0.0718. The second kappa shape index (κ2) is 15.8. The molecule has 14 nitrogen and oxygen atoms in total. The molecule has 4 heterocycles. The van der Waals surface area contributed by atoms with E-state index in [1.54, 1.807) is 0 Å². The van der Waals surface area contributed by atoms with Gasteiger partial charge in [0.05, 0.1) is 0 Å². The van der Waals surface area contributed by atoms with Crippen molar-refractivity contribution >= 4 is 112 Å². The third-order valence-corrected chi connectivity index (χ3v) is 9.05. The van der Waals surface area contributed by atoms with E-state index in [4.69, 9.17) is 22.0 Å². The van der Waals surface area contributed by atoms with Gasteiger partial charge in [-0.3, -0.25) is 14.5 Å². The van der Waals surface area contributed by atoms with Gasteiger partial charge in [0.2, 0.25) is 0 Å². The average molecular weight is 681 g/mol. The molecule has 1 fully saturated rings. The van der Waals surface area contributed by atoms with Crippen molar-refractivity contribution in [1.29, 1.82) is 0 Å². The van der Waals surface area contributed by atoms with Crippen LogP contribution in [-0.2, 0) is 25.8 Å². The number of aliphatic carboxylic acids is 1. The highest BCUT2D eigenvalue weighted by Gasteiger charge is 2.54. The molecule has 39 heavy (non-hydrogen) atoms. The van der Waals surface area contributed by atoms with Crippen molar-refractivity contribution in [2.45, 2.75) is 22.3 Å². The maximum absolute atomic E-state index is 13.0. The number of nitrogens with zero attached hydrogens (tertiary/aromatic N) is 5. The van der Waals surface area contributed by atoms with E-state index in [-0.39, 0.29) is 79.2 Å². The zero-order chi connectivity index (χ0) is 25.8. The van der Waals surface area contributed by atoms with Crippen LogP contribution in [0.3, 0.4) is 0 Å². The van der Waals surface area contributed by atoms with Crippen molar-refractivity contribution in [2.75, 3.05) is 30.4 Å². The minimum absolute atomic E-state index is 0. The molecule has 2 aliphatic heterocycles. The summed E-state index contributed by atoms with van der Waals surface area (Å²) in [6.07, 6.45) is 0. The number of carbonyl (C=O) groups excluding carboxylic acids is 2. The van der Waals surface area contributed by atoms with Crippen LogP contribution in [0.4, 0.5) is 5.13 Å². The van der Waals surface area contributed by atoms with Gasteiger partial charge in [-0.15, -0.1) is 70.5 Å². The van der Waals surface area contributed by atoms with E-state index in [1.807, 2.05) is 0 Å². The Morgan fingerprint density at radius 3 is 2.62 bits per heavy atom. The monoisotopic (exact) mass is 679 g/mol. The summed E-state index contributed by atoms with van der Waals surface area (Å²) < 4.78 is 0.659. The largest absolute Gasteiger partial charge is 0.477 e. The number of carboxylic acid groups (broad SMARTS) is 1. The number of hydrogen-bond acceptors (Lipinski definition) is 15. The number of β-lactam (4-membered cyclic amide) rings is 1. The highest BCUT2D eigenvalue weighted by Crippen LogP contribution is 2.41. The Morgan fingerprint density at radius 1 is 1.28 bits per heavy atom. The molecule has 21 heteroatoms. The molecule has 4 rings (SSSR count). The first-order chi connectivity index (χ1) is 17.3. The summed E-state index contributed by atoms with van der Waals surface area (Å²) in [5.41, 5.74) is 17.1. The lowest BCUT2D eigenvalue weighted by Gasteiger charge is -2.49. The molecule has 8 N–H and O–H groups in total. The number of rotatable bonds is 11. The van der Waals surface area contributed by atoms with E-state index in [2.05, 4.69) is 25.7 Å². The van der Waals surface area contributed by atoms with Gasteiger partial charge in [-0.2, -0.15) is 0 Å². The molecule has 216 valence electrons. The SMILES string of the molecule is Cl.Cl.Cl.NCCON=C(C(=O)NC1C(=O)N2C(C(=O)O)=C(CSc3nnc(CN)s3)CS[C@H]12)c1csc(N)n1. The lowest BCUT2D eigenvalue weighted by molar-refractivity contribution is -0.150. The van der Waals surface area contributed by atoms with Crippen molar-refractivity contribution < 1.29 is 24.3 Å². The summed E-state index contributed by atoms with van der Waals surface area (Å²) in [6, 6.07) is -0.947. The summed E-state index contributed by atoms with van der Waals surface area (Å²) in [5.74, 6) is -1.78. The van der Waals surface area contributed by atoms with E-state index >= 15 is 0 Å². The molecule has 0 spiro atoms. The fourth-order valence-corrected chi connectivity index (χ4v) is 7.10. The Kier molecular flexibility index (Phi) is 14.2. The molecule has 2 atom stereocenters. The van der Waals surface area contributed by atoms with Crippen LogP contribution in [0, 0.1) is 0 Å². The summed E-state index contributed by atoms with van der Waals surface area (Å²) in [4.78, 5) is 48.3. The van der Waals surface area contributed by atoms with Gasteiger partial charge in [0.15, 0.2) is 15.2 Å². The Labute approximate surface area is 257 Å². The van der Waals surface area contributed by atoms with E-state index < -0.39 is 29.2 Å². The van der Waals surface area contributed by atoms with Crippen molar-refractivity contribution in [3.8, 4) is 0 Å². The highest BCUT2D eigenvalue weighted by molar-refractivity contribution is 8.01. The lowest BCUT2D eigenvalue weighted by Crippen LogP contribution is -2.71. The number of carboxylic acids is 1. The number of thioether (sulfide) groups is 2. The van der Waals surface area contributed by atoms with Crippen LogP contribution in [0.1, 0.15) is 10.7 Å². The van der Waals surface area contributed by atoms with Crippen molar-refractivity contribution in [2.24, 2.45) is 16.6 Å². The molecular formula is C18H24Cl3N9O5S4. The molecule has 0 bridgehead atoms. The summed E-state index contributed by atoms with van der Waals surface area (Å²) >= 11 is 5.13. The molecule has 2 aromatic heterocycles. The number of amides is 2. The number of hydrogen-bond donors (Lipinski definition) is 5. The minimum atomic E-state index is -1.22. The van der Waals surface area contributed by atoms with Gasteiger partial charge in [0, 0.05) is 30.0 Å². The zero-order valence-electron chi connectivity index (χ0n) is 19.7. The first-order valence-corrected chi connectivity index (χ1v) is 14.0. The Morgan fingerprint density at radius 2 is 2.03 bits per heavy atom. The van der Waals surface area contributed by atoms with Gasteiger partial charge >= 0.3 is 5.97 Å². The van der Waals surface area contributed by atoms with Crippen molar-refractivity contribution in [3.05, 3.63) is 27.4 Å². The van der Waals surface area contributed by atoms with Crippen LogP contribution in [0.2, 0.25) is 0 Å². The number of fused-ring (bicyclic) bond motifs is 1. The number of thiazole rings is 1. The maximum atomic E-state index is 13.0. The maximum Gasteiger partial charge on any atom is 0.352 e. The predicted molar refractivity (Wildman–Crippen MR) is 158 cm³/mol. The normalized spacial score (nSPS) is 18.2. The minimum Gasteiger partial charge on any atom is -0.477 e. The van der Waals surface area contributed by atoms with E-state index in [1.165, 1.54) is 45.1 Å². The highest BCUT2D eigenvalue weighted by atomic mass is 35.5. The number of carbonyl (C=O) groups is 3. The van der Waals surface area contributed by atoms with Gasteiger partial charge in [-0.1, -0.05) is 28.3 Å². The van der Waals surface area contributed by atoms with Gasteiger partial charge < -0.3 is 32.5 Å². The molecule has 1 unspecified atom stereocenters. The van der Waals surface area contributed by atoms with E-state index in [0.29, 0.717) is 26.4 Å². The summed E-state index contributed by atoms with van der Waals surface area (Å²) in [7, 11) is 0. The van der Waals surface area contributed by atoms with Crippen molar-refractivity contribution in [1.82, 2.24) is 25.4 Å². The summed E-state index contributed by atoms with van der Waals surface area (Å²) in [6.45, 7) is 0.531.